The fraction of sp³-hybridized carbons (Fsp3) is 0.261. The molecule has 1 aliphatic heterocycles. The standard InChI is InChI=1S/C23H23ClN2O3S/c24-19-8-6-18(7-9-19)16-30(28)17-21-10-11-22(29-21)23(27)26-14-12-25(13-15-26)20-4-2-1-3-5-20/h1-11H,12-17H2/t30-/m1/s1. The summed E-state index contributed by atoms with van der Waals surface area (Å²) in [6.45, 7) is 2.86. The molecule has 0 N–H and O–H groups in total. The first-order valence-corrected chi connectivity index (χ1v) is 11.7. The lowest BCUT2D eigenvalue weighted by Crippen LogP contribution is -2.48. The molecule has 0 aliphatic carbocycles. The second kappa shape index (κ2) is 9.49. The number of halogens is 1. The van der Waals surface area contributed by atoms with Gasteiger partial charge in [0.2, 0.25) is 0 Å². The van der Waals surface area contributed by atoms with Crippen LogP contribution in [0, 0.1) is 0 Å². The quantitative estimate of drug-likeness (QED) is 0.569. The number of carbonyl (C=O) groups is 1. The van der Waals surface area contributed by atoms with Gasteiger partial charge in [0.25, 0.3) is 5.91 Å². The molecule has 0 saturated carbocycles. The predicted molar refractivity (Wildman–Crippen MR) is 120 cm³/mol. The Morgan fingerprint density at radius 3 is 2.30 bits per heavy atom. The van der Waals surface area contributed by atoms with E-state index in [9.17, 15) is 9.00 Å². The Morgan fingerprint density at radius 2 is 1.60 bits per heavy atom. The number of nitrogens with zero attached hydrogens (tertiary/aromatic N) is 2. The second-order valence-corrected chi connectivity index (χ2v) is 9.13. The SMILES string of the molecule is O=C(c1ccc(C[S@](=O)Cc2ccc(Cl)cc2)o1)N1CCN(c2ccccc2)CC1. The van der Waals surface area contributed by atoms with Crippen LogP contribution in [0.3, 0.4) is 0 Å². The summed E-state index contributed by atoms with van der Waals surface area (Å²) in [4.78, 5) is 16.9. The summed E-state index contributed by atoms with van der Waals surface area (Å²) in [5.41, 5.74) is 2.13. The van der Waals surface area contributed by atoms with E-state index in [0.717, 1.165) is 18.7 Å². The van der Waals surface area contributed by atoms with Crippen LogP contribution in [0.25, 0.3) is 0 Å². The minimum atomic E-state index is -1.13. The van der Waals surface area contributed by atoms with E-state index in [0.29, 0.717) is 35.4 Å². The van der Waals surface area contributed by atoms with Gasteiger partial charge in [-0.2, -0.15) is 0 Å². The summed E-state index contributed by atoms with van der Waals surface area (Å²) in [5, 5.41) is 0.656. The lowest BCUT2D eigenvalue weighted by atomic mass is 10.2. The first kappa shape index (κ1) is 20.7. The molecule has 1 aliphatic rings. The molecule has 0 bridgehead atoms. The van der Waals surface area contributed by atoms with E-state index < -0.39 is 10.8 Å². The molecule has 30 heavy (non-hydrogen) atoms. The van der Waals surface area contributed by atoms with Crippen LogP contribution < -0.4 is 4.90 Å². The van der Waals surface area contributed by atoms with Gasteiger partial charge < -0.3 is 14.2 Å². The first-order chi connectivity index (χ1) is 14.6. The molecular weight excluding hydrogens is 420 g/mol. The van der Waals surface area contributed by atoms with E-state index >= 15 is 0 Å². The molecule has 3 aromatic rings. The van der Waals surface area contributed by atoms with Crippen LogP contribution in [0.15, 0.2) is 71.1 Å². The average molecular weight is 443 g/mol. The molecule has 0 radical (unpaired) electrons. The summed E-state index contributed by atoms with van der Waals surface area (Å²) >= 11 is 5.88. The highest BCUT2D eigenvalue weighted by Crippen LogP contribution is 2.19. The maximum absolute atomic E-state index is 12.8. The topological polar surface area (TPSA) is 53.8 Å². The van der Waals surface area contributed by atoms with E-state index in [1.165, 1.54) is 5.69 Å². The Hall–Kier alpha value is -2.57. The predicted octanol–water partition coefficient (Wildman–Crippen LogP) is 4.34. The highest BCUT2D eigenvalue weighted by Gasteiger charge is 2.24. The summed E-state index contributed by atoms with van der Waals surface area (Å²) in [6.07, 6.45) is 0. The van der Waals surface area contributed by atoms with Gasteiger partial charge in [-0.15, -0.1) is 0 Å². The zero-order valence-electron chi connectivity index (χ0n) is 16.5. The number of amides is 1. The summed E-state index contributed by atoms with van der Waals surface area (Å²) in [6, 6.07) is 20.9. The van der Waals surface area contributed by atoms with Crippen LogP contribution >= 0.6 is 11.6 Å². The van der Waals surface area contributed by atoms with Crippen molar-refractivity contribution in [3.63, 3.8) is 0 Å². The zero-order chi connectivity index (χ0) is 20.9. The summed E-state index contributed by atoms with van der Waals surface area (Å²) < 4.78 is 18.2. The number of rotatable bonds is 6. The molecule has 4 rings (SSSR count). The lowest BCUT2D eigenvalue weighted by molar-refractivity contribution is 0.0713. The molecule has 1 atom stereocenters. The van der Waals surface area contributed by atoms with Gasteiger partial charge in [-0.1, -0.05) is 41.9 Å². The van der Waals surface area contributed by atoms with Gasteiger partial charge in [-0.05, 0) is 42.0 Å². The normalized spacial score (nSPS) is 15.2. The largest absolute Gasteiger partial charge is 0.455 e. The van der Waals surface area contributed by atoms with Crippen LogP contribution in [0.2, 0.25) is 5.02 Å². The Morgan fingerprint density at radius 1 is 0.900 bits per heavy atom. The van der Waals surface area contributed by atoms with Crippen molar-refractivity contribution in [2.24, 2.45) is 0 Å². The Kier molecular flexibility index (Phi) is 6.55. The van der Waals surface area contributed by atoms with Crippen LogP contribution in [0.4, 0.5) is 5.69 Å². The summed E-state index contributed by atoms with van der Waals surface area (Å²) in [5.74, 6) is 1.45. The number of benzene rings is 2. The smallest absolute Gasteiger partial charge is 0.289 e. The maximum atomic E-state index is 12.8. The van der Waals surface area contributed by atoms with Crippen molar-refractivity contribution in [1.29, 1.82) is 0 Å². The first-order valence-electron chi connectivity index (χ1n) is 9.86. The molecule has 7 heteroatoms. The van der Waals surface area contributed by atoms with Crippen molar-refractivity contribution >= 4 is 34.0 Å². The molecule has 156 valence electrons. The van der Waals surface area contributed by atoms with E-state index in [1.54, 1.807) is 24.3 Å². The molecule has 0 unspecified atom stereocenters. The Bertz CT molecular complexity index is 1010. The third-order valence-electron chi connectivity index (χ3n) is 5.10. The van der Waals surface area contributed by atoms with Gasteiger partial charge in [0.1, 0.15) is 5.76 Å². The van der Waals surface area contributed by atoms with E-state index in [2.05, 4.69) is 17.0 Å². The van der Waals surface area contributed by atoms with Gasteiger partial charge in [-0.25, -0.2) is 0 Å². The number of hydrogen-bond donors (Lipinski definition) is 0. The van der Waals surface area contributed by atoms with E-state index in [-0.39, 0.29) is 11.7 Å². The monoisotopic (exact) mass is 442 g/mol. The third kappa shape index (κ3) is 5.12. The van der Waals surface area contributed by atoms with Crippen molar-refractivity contribution in [2.45, 2.75) is 11.5 Å². The highest BCUT2D eigenvalue weighted by atomic mass is 35.5. The maximum Gasteiger partial charge on any atom is 0.289 e. The van der Waals surface area contributed by atoms with Crippen LogP contribution in [0.5, 0.6) is 0 Å². The van der Waals surface area contributed by atoms with Crippen molar-refractivity contribution in [2.75, 3.05) is 31.1 Å². The molecule has 1 amide bonds. The number of furan rings is 1. The van der Waals surface area contributed by atoms with Gasteiger partial charge in [0.15, 0.2) is 5.76 Å². The van der Waals surface area contributed by atoms with E-state index in [4.69, 9.17) is 16.0 Å². The number of anilines is 1. The van der Waals surface area contributed by atoms with Crippen LogP contribution in [-0.4, -0.2) is 41.2 Å². The minimum Gasteiger partial charge on any atom is -0.455 e. The molecule has 1 saturated heterocycles. The number of hydrogen-bond acceptors (Lipinski definition) is 4. The minimum absolute atomic E-state index is 0.113. The zero-order valence-corrected chi connectivity index (χ0v) is 18.1. The molecule has 2 heterocycles. The van der Waals surface area contributed by atoms with E-state index in [1.807, 2.05) is 35.2 Å². The fourth-order valence-electron chi connectivity index (χ4n) is 3.51. The molecule has 2 aromatic carbocycles. The van der Waals surface area contributed by atoms with Crippen molar-refractivity contribution in [1.82, 2.24) is 4.90 Å². The molecule has 0 spiro atoms. The van der Waals surface area contributed by atoms with Gasteiger partial charge in [0.05, 0.1) is 5.75 Å². The number of carbonyl (C=O) groups excluding carboxylic acids is 1. The summed E-state index contributed by atoms with van der Waals surface area (Å²) in [7, 11) is -1.13. The highest BCUT2D eigenvalue weighted by molar-refractivity contribution is 7.83. The Balaban J connectivity index is 1.31. The number of para-hydroxylation sites is 1. The molecule has 5 nitrogen and oxygen atoms in total. The lowest BCUT2D eigenvalue weighted by Gasteiger charge is -2.35. The van der Waals surface area contributed by atoms with Gasteiger partial charge in [0, 0.05) is 53.4 Å². The molecular formula is C23H23ClN2O3S. The average Bonchev–Trinajstić information content (AvgIpc) is 3.24. The third-order valence-corrected chi connectivity index (χ3v) is 6.62. The van der Waals surface area contributed by atoms with Gasteiger partial charge >= 0.3 is 0 Å². The van der Waals surface area contributed by atoms with Crippen molar-refractivity contribution in [3.05, 3.63) is 88.8 Å². The van der Waals surface area contributed by atoms with Crippen molar-refractivity contribution in [3.8, 4) is 0 Å². The molecule has 1 fully saturated rings. The van der Waals surface area contributed by atoms with Crippen LogP contribution in [0.1, 0.15) is 21.9 Å². The number of piperazine rings is 1. The van der Waals surface area contributed by atoms with Crippen LogP contribution in [-0.2, 0) is 22.3 Å². The Labute approximate surface area is 183 Å². The van der Waals surface area contributed by atoms with Crippen molar-refractivity contribution < 1.29 is 13.4 Å². The fourth-order valence-corrected chi connectivity index (χ4v) is 4.77. The second-order valence-electron chi connectivity index (χ2n) is 7.24. The molecule has 1 aromatic heterocycles. The van der Waals surface area contributed by atoms with Gasteiger partial charge in [-0.3, -0.25) is 9.00 Å².